The number of benzene rings is 1. The van der Waals surface area contributed by atoms with Crippen molar-refractivity contribution in [3.05, 3.63) is 34.6 Å². The minimum Gasteiger partial charge on any atom is -0.480 e. The first-order chi connectivity index (χ1) is 8.97. The summed E-state index contributed by atoms with van der Waals surface area (Å²) in [7, 11) is 0. The number of carboxylic acids is 1. The Balaban J connectivity index is 2.07. The molecule has 1 N–H and O–H groups in total. The summed E-state index contributed by atoms with van der Waals surface area (Å²) in [4.78, 5) is 24.2. The first kappa shape index (κ1) is 13.8. The normalized spacial score (nSPS) is 14.2. The smallest absolute Gasteiger partial charge is 0.323 e. The third-order valence-electron chi connectivity index (χ3n) is 2.97. The zero-order chi connectivity index (χ0) is 14.0. The summed E-state index contributed by atoms with van der Waals surface area (Å²) in [6.07, 6.45) is 1.65. The molecule has 19 heavy (non-hydrogen) atoms. The second-order valence-corrected chi connectivity index (χ2v) is 4.97. The maximum Gasteiger partial charge on any atom is 0.323 e. The number of hydrogen-bond acceptors (Lipinski definition) is 2. The van der Waals surface area contributed by atoms with Gasteiger partial charge in [-0.1, -0.05) is 17.7 Å². The van der Waals surface area contributed by atoms with Gasteiger partial charge in [-0.2, -0.15) is 0 Å². The third-order valence-corrected chi connectivity index (χ3v) is 3.32. The van der Waals surface area contributed by atoms with E-state index in [0.717, 1.165) is 18.9 Å². The molecule has 0 aliphatic heterocycles. The van der Waals surface area contributed by atoms with Crippen molar-refractivity contribution >= 4 is 23.5 Å². The lowest BCUT2D eigenvalue weighted by molar-refractivity contribution is -0.144. The van der Waals surface area contributed by atoms with Gasteiger partial charge in [0.1, 0.15) is 12.4 Å². The summed E-state index contributed by atoms with van der Waals surface area (Å²) in [5.41, 5.74) is 0.504. The molecule has 1 aliphatic rings. The predicted octanol–water partition coefficient (Wildman–Crippen LogP) is 2.10. The lowest BCUT2D eigenvalue weighted by atomic mass is 10.1. The summed E-state index contributed by atoms with van der Waals surface area (Å²) in [6.45, 7) is -0.303. The van der Waals surface area contributed by atoms with E-state index in [1.165, 1.54) is 17.0 Å². The number of carbonyl (C=O) groups excluding carboxylic acids is 1. The van der Waals surface area contributed by atoms with Crippen molar-refractivity contribution in [2.24, 2.45) is 0 Å². The van der Waals surface area contributed by atoms with Crippen LogP contribution in [0, 0.1) is 5.82 Å². The molecule has 1 saturated carbocycles. The molecule has 0 spiro atoms. The Morgan fingerprint density at radius 2 is 2.11 bits per heavy atom. The summed E-state index contributed by atoms with van der Waals surface area (Å²) < 4.78 is 12.9. The molecular weight excluding hydrogens is 273 g/mol. The number of nitrogens with zero attached hydrogens (tertiary/aromatic N) is 1. The predicted molar refractivity (Wildman–Crippen MR) is 67.5 cm³/mol. The van der Waals surface area contributed by atoms with Gasteiger partial charge in [-0.3, -0.25) is 9.59 Å². The number of aliphatic carboxylic acids is 1. The molecule has 1 aliphatic carbocycles. The second kappa shape index (κ2) is 5.57. The largest absolute Gasteiger partial charge is 0.480 e. The van der Waals surface area contributed by atoms with Crippen molar-refractivity contribution in [3.8, 4) is 0 Å². The van der Waals surface area contributed by atoms with Gasteiger partial charge in [0.05, 0.1) is 6.42 Å². The molecule has 1 aromatic carbocycles. The monoisotopic (exact) mass is 285 g/mol. The summed E-state index contributed by atoms with van der Waals surface area (Å²) >= 11 is 5.85. The van der Waals surface area contributed by atoms with Gasteiger partial charge in [-0.15, -0.1) is 0 Å². The molecule has 1 fully saturated rings. The van der Waals surface area contributed by atoms with E-state index < -0.39 is 11.8 Å². The average molecular weight is 286 g/mol. The van der Waals surface area contributed by atoms with Crippen molar-refractivity contribution in [1.29, 1.82) is 0 Å². The van der Waals surface area contributed by atoms with Crippen LogP contribution in [-0.4, -0.2) is 34.5 Å². The minimum absolute atomic E-state index is 0.0110. The Morgan fingerprint density at radius 1 is 1.42 bits per heavy atom. The minimum atomic E-state index is -1.04. The molecule has 1 amide bonds. The molecule has 0 bridgehead atoms. The molecule has 6 heteroatoms. The quantitative estimate of drug-likeness (QED) is 0.901. The number of hydrogen-bond donors (Lipinski definition) is 1. The zero-order valence-electron chi connectivity index (χ0n) is 10.1. The number of rotatable bonds is 5. The highest BCUT2D eigenvalue weighted by molar-refractivity contribution is 6.31. The van der Waals surface area contributed by atoms with E-state index in [1.54, 1.807) is 0 Å². The molecule has 4 nitrogen and oxygen atoms in total. The van der Waals surface area contributed by atoms with Gasteiger partial charge in [0.2, 0.25) is 5.91 Å². The third kappa shape index (κ3) is 3.67. The lowest BCUT2D eigenvalue weighted by Crippen LogP contribution is -2.38. The van der Waals surface area contributed by atoms with Crippen molar-refractivity contribution in [2.75, 3.05) is 6.54 Å². The van der Waals surface area contributed by atoms with Crippen LogP contribution in [0.3, 0.4) is 0 Å². The van der Waals surface area contributed by atoms with Gasteiger partial charge in [0.25, 0.3) is 0 Å². The first-order valence-electron chi connectivity index (χ1n) is 5.92. The SMILES string of the molecule is O=C(O)CN(C(=O)Cc1ccc(F)cc1Cl)C1CC1. The Hall–Kier alpha value is -1.62. The molecule has 0 radical (unpaired) electrons. The van der Waals surface area contributed by atoms with Crippen LogP contribution in [0.1, 0.15) is 18.4 Å². The van der Waals surface area contributed by atoms with Gasteiger partial charge in [0, 0.05) is 11.1 Å². The summed E-state index contributed by atoms with van der Waals surface area (Å²) in [5.74, 6) is -1.80. The maximum atomic E-state index is 12.9. The van der Waals surface area contributed by atoms with Crippen LogP contribution < -0.4 is 0 Å². The average Bonchev–Trinajstić information content (AvgIpc) is 3.13. The van der Waals surface area contributed by atoms with Crippen molar-refractivity contribution < 1.29 is 19.1 Å². The highest BCUT2D eigenvalue weighted by Crippen LogP contribution is 2.28. The number of carbonyl (C=O) groups is 2. The fourth-order valence-electron chi connectivity index (χ4n) is 1.88. The van der Waals surface area contributed by atoms with E-state index in [-0.39, 0.29) is 29.9 Å². The summed E-state index contributed by atoms with van der Waals surface area (Å²) in [6, 6.07) is 3.83. The van der Waals surface area contributed by atoms with E-state index in [2.05, 4.69) is 0 Å². The van der Waals surface area contributed by atoms with Crippen LogP contribution in [-0.2, 0) is 16.0 Å². The fraction of sp³-hybridized carbons (Fsp3) is 0.385. The van der Waals surface area contributed by atoms with Crippen LogP contribution in [0.5, 0.6) is 0 Å². The van der Waals surface area contributed by atoms with E-state index >= 15 is 0 Å². The summed E-state index contributed by atoms with van der Waals surface area (Å²) in [5, 5.41) is 8.98. The topological polar surface area (TPSA) is 57.6 Å². The molecule has 0 unspecified atom stereocenters. The zero-order valence-corrected chi connectivity index (χ0v) is 10.9. The van der Waals surface area contributed by atoms with Gasteiger partial charge in [-0.25, -0.2) is 4.39 Å². The van der Waals surface area contributed by atoms with Gasteiger partial charge < -0.3 is 10.0 Å². The highest BCUT2D eigenvalue weighted by atomic mass is 35.5. The Morgan fingerprint density at radius 3 is 2.63 bits per heavy atom. The van der Waals surface area contributed by atoms with Crippen LogP contribution in [0.25, 0.3) is 0 Å². The van der Waals surface area contributed by atoms with Gasteiger partial charge >= 0.3 is 5.97 Å². The molecule has 0 aromatic heterocycles. The number of amides is 1. The van der Waals surface area contributed by atoms with Crippen molar-refractivity contribution in [3.63, 3.8) is 0 Å². The molecule has 0 saturated heterocycles. The second-order valence-electron chi connectivity index (χ2n) is 4.56. The number of halogens is 2. The standard InChI is InChI=1S/C13H13ClFNO3/c14-11-6-9(15)2-1-8(11)5-12(17)16(7-13(18)19)10-3-4-10/h1-2,6,10H,3-5,7H2,(H,18,19). The van der Waals surface area contributed by atoms with E-state index in [9.17, 15) is 14.0 Å². The first-order valence-corrected chi connectivity index (χ1v) is 6.30. The van der Waals surface area contributed by atoms with Crippen LogP contribution >= 0.6 is 11.6 Å². The van der Waals surface area contributed by atoms with Crippen LogP contribution in [0.4, 0.5) is 4.39 Å². The maximum absolute atomic E-state index is 12.9. The number of carboxylic acid groups (broad SMARTS) is 1. The lowest BCUT2D eigenvalue weighted by Gasteiger charge is -2.20. The Bertz CT molecular complexity index is 517. The van der Waals surface area contributed by atoms with E-state index in [1.807, 2.05) is 0 Å². The molecule has 0 heterocycles. The fourth-order valence-corrected chi connectivity index (χ4v) is 2.12. The van der Waals surface area contributed by atoms with Crippen LogP contribution in [0.2, 0.25) is 5.02 Å². The van der Waals surface area contributed by atoms with Gasteiger partial charge in [-0.05, 0) is 30.5 Å². The Labute approximate surface area is 114 Å². The van der Waals surface area contributed by atoms with Gasteiger partial charge in [0.15, 0.2) is 0 Å². The molecule has 2 rings (SSSR count). The highest BCUT2D eigenvalue weighted by Gasteiger charge is 2.33. The molecule has 102 valence electrons. The van der Waals surface area contributed by atoms with Crippen molar-refractivity contribution in [1.82, 2.24) is 4.90 Å². The van der Waals surface area contributed by atoms with E-state index in [4.69, 9.17) is 16.7 Å². The molecular formula is C13H13ClFNO3. The molecule has 1 aromatic rings. The Kier molecular flexibility index (Phi) is 4.04. The van der Waals surface area contributed by atoms with E-state index in [0.29, 0.717) is 5.56 Å². The van der Waals surface area contributed by atoms with Crippen molar-refractivity contribution in [2.45, 2.75) is 25.3 Å². The van der Waals surface area contributed by atoms with Crippen LogP contribution in [0.15, 0.2) is 18.2 Å². The molecule has 0 atom stereocenters.